The Balaban J connectivity index is 2.24. The van der Waals surface area contributed by atoms with E-state index in [0.29, 0.717) is 0 Å². The average Bonchev–Trinajstić information content (AvgIpc) is 2.32. The Morgan fingerprint density at radius 1 is 1.32 bits per heavy atom. The molecule has 6 heteroatoms. The Hall–Kier alpha value is -1.56. The molecule has 1 aliphatic heterocycles. The van der Waals surface area contributed by atoms with Crippen molar-refractivity contribution in [1.82, 2.24) is 0 Å². The molecule has 1 aliphatic rings. The summed E-state index contributed by atoms with van der Waals surface area (Å²) < 4.78 is 23.0. The Labute approximate surface area is 113 Å². The second kappa shape index (κ2) is 4.85. The van der Waals surface area contributed by atoms with E-state index in [1.165, 1.54) is 0 Å². The Morgan fingerprint density at radius 3 is 2.47 bits per heavy atom. The molecule has 1 heterocycles. The molecule has 0 atom stereocenters. The largest absolute Gasteiger partial charge is 0.371 e. The number of carbonyl (C=O) groups is 1. The van der Waals surface area contributed by atoms with E-state index in [-0.39, 0.29) is 24.3 Å². The molecule has 104 valence electrons. The van der Waals surface area contributed by atoms with Gasteiger partial charge in [-0.15, -0.1) is 0 Å². The highest BCUT2D eigenvalue weighted by Crippen LogP contribution is 2.28. The summed E-state index contributed by atoms with van der Waals surface area (Å²) in [6, 6.07) is 7.59. The lowest BCUT2D eigenvalue weighted by Crippen LogP contribution is -2.55. The lowest BCUT2D eigenvalue weighted by Gasteiger charge is -2.35. The smallest absolute Gasteiger partial charge is 0.243 e. The molecule has 1 aromatic rings. The van der Waals surface area contributed by atoms with E-state index in [0.717, 1.165) is 11.3 Å². The number of hydrogen-bond donors (Lipinski definition) is 2. The molecular formula is C13H18N2O3S. The molecule has 0 bridgehead atoms. The predicted molar refractivity (Wildman–Crippen MR) is 74.6 cm³/mol. The summed E-state index contributed by atoms with van der Waals surface area (Å²) in [4.78, 5) is 11.7. The molecule has 19 heavy (non-hydrogen) atoms. The first-order chi connectivity index (χ1) is 8.83. The standard InChI is InChI=1S/C13H18N2O3S/c1-10-3-2-4-11(9-10)15-13(12(14)16)5-7-19(17,18)8-6-13/h2-4,9,15H,5-8H2,1H3,(H2,14,16). The third-order valence-electron chi connectivity index (χ3n) is 3.55. The van der Waals surface area contributed by atoms with Gasteiger partial charge in [-0.1, -0.05) is 12.1 Å². The minimum atomic E-state index is -3.04. The Bertz CT molecular complexity index is 582. The lowest BCUT2D eigenvalue weighted by molar-refractivity contribution is -0.122. The van der Waals surface area contributed by atoms with Gasteiger partial charge >= 0.3 is 0 Å². The van der Waals surface area contributed by atoms with Gasteiger partial charge < -0.3 is 11.1 Å². The molecule has 1 saturated heterocycles. The molecule has 2 rings (SSSR count). The Morgan fingerprint density at radius 2 is 1.95 bits per heavy atom. The zero-order valence-corrected chi connectivity index (χ0v) is 11.7. The molecule has 0 aliphatic carbocycles. The van der Waals surface area contributed by atoms with Crippen molar-refractivity contribution in [2.75, 3.05) is 16.8 Å². The number of nitrogens with one attached hydrogen (secondary N) is 1. The van der Waals surface area contributed by atoms with Gasteiger partial charge in [0.15, 0.2) is 9.84 Å². The van der Waals surface area contributed by atoms with E-state index in [1.807, 2.05) is 31.2 Å². The van der Waals surface area contributed by atoms with Crippen LogP contribution in [0.4, 0.5) is 5.69 Å². The second-order valence-electron chi connectivity index (χ2n) is 5.09. The molecule has 0 radical (unpaired) electrons. The van der Waals surface area contributed by atoms with Crippen molar-refractivity contribution in [3.05, 3.63) is 29.8 Å². The van der Waals surface area contributed by atoms with Crippen LogP contribution in [0.5, 0.6) is 0 Å². The number of anilines is 1. The predicted octanol–water partition coefficient (Wildman–Crippen LogP) is 0.840. The Kier molecular flexibility index (Phi) is 3.54. The van der Waals surface area contributed by atoms with Crippen LogP contribution in [-0.4, -0.2) is 31.4 Å². The maximum Gasteiger partial charge on any atom is 0.243 e. The number of carbonyl (C=O) groups excluding carboxylic acids is 1. The summed E-state index contributed by atoms with van der Waals surface area (Å²) in [6.07, 6.45) is 0.442. The van der Waals surface area contributed by atoms with Gasteiger partial charge in [-0.05, 0) is 37.5 Å². The molecular weight excluding hydrogens is 264 g/mol. The van der Waals surface area contributed by atoms with Crippen molar-refractivity contribution < 1.29 is 13.2 Å². The van der Waals surface area contributed by atoms with Crippen molar-refractivity contribution in [2.24, 2.45) is 5.73 Å². The fourth-order valence-corrected chi connectivity index (χ4v) is 3.84. The van der Waals surface area contributed by atoms with Crippen molar-refractivity contribution in [3.8, 4) is 0 Å². The third kappa shape index (κ3) is 3.07. The van der Waals surface area contributed by atoms with E-state index in [2.05, 4.69) is 5.32 Å². The second-order valence-corrected chi connectivity index (χ2v) is 7.40. The maximum absolute atomic E-state index is 11.7. The number of hydrogen-bond acceptors (Lipinski definition) is 4. The number of benzene rings is 1. The number of amides is 1. The minimum absolute atomic E-state index is 0.00520. The summed E-state index contributed by atoms with van der Waals surface area (Å²) >= 11 is 0. The molecule has 3 N–H and O–H groups in total. The third-order valence-corrected chi connectivity index (χ3v) is 5.21. The van der Waals surface area contributed by atoms with Crippen LogP contribution in [-0.2, 0) is 14.6 Å². The first-order valence-corrected chi connectivity index (χ1v) is 8.00. The molecule has 0 aromatic heterocycles. The highest BCUT2D eigenvalue weighted by Gasteiger charge is 2.42. The van der Waals surface area contributed by atoms with Crippen molar-refractivity contribution in [3.63, 3.8) is 0 Å². The van der Waals surface area contributed by atoms with Crippen LogP contribution < -0.4 is 11.1 Å². The number of nitrogens with two attached hydrogens (primary N) is 1. The minimum Gasteiger partial charge on any atom is -0.371 e. The number of primary amides is 1. The molecule has 1 fully saturated rings. The van der Waals surface area contributed by atoms with Crippen molar-refractivity contribution in [2.45, 2.75) is 25.3 Å². The zero-order valence-electron chi connectivity index (χ0n) is 10.8. The summed E-state index contributed by atoms with van der Waals surface area (Å²) in [7, 11) is -3.04. The van der Waals surface area contributed by atoms with Gasteiger partial charge in [-0.3, -0.25) is 4.79 Å². The molecule has 0 saturated carbocycles. The van der Waals surface area contributed by atoms with E-state index in [4.69, 9.17) is 5.73 Å². The number of rotatable bonds is 3. The molecule has 1 aromatic carbocycles. The van der Waals surface area contributed by atoms with Crippen LogP contribution in [0.2, 0.25) is 0 Å². The highest BCUT2D eigenvalue weighted by atomic mass is 32.2. The van der Waals surface area contributed by atoms with Crippen LogP contribution in [0.15, 0.2) is 24.3 Å². The zero-order chi connectivity index (χ0) is 14.1. The summed E-state index contributed by atoms with van der Waals surface area (Å²) in [5.41, 5.74) is 6.37. The van der Waals surface area contributed by atoms with Gasteiger partial charge in [0.05, 0.1) is 11.5 Å². The van der Waals surface area contributed by atoms with Crippen LogP contribution in [0, 0.1) is 6.92 Å². The number of sulfone groups is 1. The highest BCUT2D eigenvalue weighted by molar-refractivity contribution is 7.91. The first-order valence-electron chi connectivity index (χ1n) is 6.18. The fourth-order valence-electron chi connectivity index (χ4n) is 2.32. The average molecular weight is 282 g/mol. The molecule has 0 unspecified atom stereocenters. The van der Waals surface area contributed by atoms with Crippen molar-refractivity contribution >= 4 is 21.4 Å². The van der Waals surface area contributed by atoms with Crippen LogP contribution in [0.25, 0.3) is 0 Å². The van der Waals surface area contributed by atoms with E-state index in [9.17, 15) is 13.2 Å². The lowest BCUT2D eigenvalue weighted by atomic mass is 9.91. The summed E-state index contributed by atoms with van der Waals surface area (Å²) in [5.74, 6) is -0.507. The van der Waals surface area contributed by atoms with Gasteiger partial charge in [-0.25, -0.2) is 8.42 Å². The first kappa shape index (κ1) is 13.9. The van der Waals surface area contributed by atoms with Crippen molar-refractivity contribution in [1.29, 1.82) is 0 Å². The topological polar surface area (TPSA) is 89.3 Å². The van der Waals surface area contributed by atoms with Gasteiger partial charge in [0.25, 0.3) is 0 Å². The maximum atomic E-state index is 11.7. The quantitative estimate of drug-likeness (QED) is 0.859. The van der Waals surface area contributed by atoms with Gasteiger partial charge in [-0.2, -0.15) is 0 Å². The fraction of sp³-hybridized carbons (Fsp3) is 0.462. The van der Waals surface area contributed by atoms with Gasteiger partial charge in [0.2, 0.25) is 5.91 Å². The van der Waals surface area contributed by atoms with Crippen LogP contribution in [0.3, 0.4) is 0 Å². The molecule has 1 amide bonds. The van der Waals surface area contributed by atoms with Crippen LogP contribution in [0.1, 0.15) is 18.4 Å². The molecule has 0 spiro atoms. The van der Waals surface area contributed by atoms with E-state index in [1.54, 1.807) is 0 Å². The SMILES string of the molecule is Cc1cccc(NC2(C(N)=O)CCS(=O)(=O)CC2)c1. The van der Waals surface area contributed by atoms with E-state index >= 15 is 0 Å². The number of aryl methyl sites for hydroxylation is 1. The summed E-state index contributed by atoms with van der Waals surface area (Å²) in [6.45, 7) is 1.95. The van der Waals surface area contributed by atoms with Gasteiger partial charge in [0.1, 0.15) is 5.54 Å². The van der Waals surface area contributed by atoms with Gasteiger partial charge in [0, 0.05) is 5.69 Å². The normalized spacial score (nSPS) is 20.7. The van der Waals surface area contributed by atoms with Crippen LogP contribution >= 0.6 is 0 Å². The summed E-state index contributed by atoms with van der Waals surface area (Å²) in [5, 5.41) is 3.13. The molecule has 5 nitrogen and oxygen atoms in total. The van der Waals surface area contributed by atoms with E-state index < -0.39 is 21.3 Å². The monoisotopic (exact) mass is 282 g/mol.